The van der Waals surface area contributed by atoms with E-state index in [0.29, 0.717) is 35.0 Å². The van der Waals surface area contributed by atoms with Gasteiger partial charge in [0.15, 0.2) is 0 Å². The first-order valence-corrected chi connectivity index (χ1v) is 11.2. The van der Waals surface area contributed by atoms with E-state index in [1.54, 1.807) is 56.7 Å². The van der Waals surface area contributed by atoms with Crippen molar-refractivity contribution in [2.45, 2.75) is 31.9 Å². The van der Waals surface area contributed by atoms with Crippen LogP contribution in [0, 0.1) is 0 Å². The molecule has 1 aromatic heterocycles. The molecule has 182 valence electrons. The molecule has 0 saturated heterocycles. The van der Waals surface area contributed by atoms with E-state index in [-0.39, 0.29) is 11.7 Å². The quantitative estimate of drug-likeness (QED) is 0.488. The van der Waals surface area contributed by atoms with Gasteiger partial charge in [0.05, 0.1) is 26.5 Å². The minimum absolute atomic E-state index is 0.0557. The van der Waals surface area contributed by atoms with Gasteiger partial charge in [-0.2, -0.15) is 0 Å². The summed E-state index contributed by atoms with van der Waals surface area (Å²) in [5, 5.41) is 5.77. The summed E-state index contributed by atoms with van der Waals surface area (Å²) in [5.41, 5.74) is 0.750. The van der Waals surface area contributed by atoms with E-state index in [0.717, 1.165) is 5.56 Å². The molecule has 2 aromatic carbocycles. The van der Waals surface area contributed by atoms with Crippen LogP contribution in [0.2, 0.25) is 0 Å². The number of ether oxygens (including phenoxy) is 3. The summed E-state index contributed by atoms with van der Waals surface area (Å²) in [7, 11) is 3.14. The SMILES string of the molecule is COc1ccc(C(=O)N/C(=C\c2ccco2)C(=O)NC2CC(C)(C)Oc3cc(OC)ccc32)cc1. The van der Waals surface area contributed by atoms with Crippen LogP contribution in [0.15, 0.2) is 71.0 Å². The lowest BCUT2D eigenvalue weighted by molar-refractivity contribution is -0.119. The van der Waals surface area contributed by atoms with Crippen molar-refractivity contribution in [1.29, 1.82) is 0 Å². The molecule has 0 saturated carbocycles. The van der Waals surface area contributed by atoms with Crippen LogP contribution in [0.5, 0.6) is 17.2 Å². The van der Waals surface area contributed by atoms with E-state index in [2.05, 4.69) is 10.6 Å². The van der Waals surface area contributed by atoms with Gasteiger partial charge in [-0.3, -0.25) is 9.59 Å². The normalized spacial score (nSPS) is 16.5. The largest absolute Gasteiger partial charge is 0.497 e. The first-order valence-electron chi connectivity index (χ1n) is 11.2. The van der Waals surface area contributed by atoms with Crippen molar-refractivity contribution < 1.29 is 28.2 Å². The Morgan fingerprint density at radius 3 is 2.40 bits per heavy atom. The molecule has 0 radical (unpaired) electrons. The fourth-order valence-electron chi connectivity index (χ4n) is 3.93. The molecule has 35 heavy (non-hydrogen) atoms. The third-order valence-electron chi connectivity index (χ3n) is 5.66. The highest BCUT2D eigenvalue weighted by Gasteiger charge is 2.35. The van der Waals surface area contributed by atoms with Gasteiger partial charge in [-0.25, -0.2) is 0 Å². The summed E-state index contributed by atoms with van der Waals surface area (Å²) < 4.78 is 22.0. The topological polar surface area (TPSA) is 99.0 Å². The Labute approximate surface area is 203 Å². The molecule has 0 aliphatic carbocycles. The summed E-state index contributed by atoms with van der Waals surface area (Å²) in [6.45, 7) is 3.92. The summed E-state index contributed by atoms with van der Waals surface area (Å²) in [6, 6.07) is 15.2. The van der Waals surface area contributed by atoms with Crippen molar-refractivity contribution in [2.75, 3.05) is 14.2 Å². The maximum absolute atomic E-state index is 13.4. The Hall–Kier alpha value is -4.20. The molecular formula is C27H28N2O6. The molecule has 2 amide bonds. The Bertz CT molecular complexity index is 1230. The van der Waals surface area contributed by atoms with E-state index in [1.807, 2.05) is 26.0 Å². The molecule has 2 N–H and O–H groups in total. The van der Waals surface area contributed by atoms with Crippen LogP contribution >= 0.6 is 0 Å². The van der Waals surface area contributed by atoms with E-state index in [1.165, 1.54) is 12.3 Å². The highest BCUT2D eigenvalue weighted by molar-refractivity contribution is 6.05. The van der Waals surface area contributed by atoms with Gasteiger partial charge in [0.25, 0.3) is 11.8 Å². The summed E-state index contributed by atoms with van der Waals surface area (Å²) in [5.74, 6) is 1.48. The number of carbonyl (C=O) groups excluding carboxylic acids is 2. The van der Waals surface area contributed by atoms with Crippen LogP contribution in [0.4, 0.5) is 0 Å². The molecule has 8 heteroatoms. The molecule has 1 aliphatic rings. The van der Waals surface area contributed by atoms with Gasteiger partial charge in [0, 0.05) is 29.7 Å². The number of hydrogen-bond acceptors (Lipinski definition) is 6. The molecule has 4 rings (SSSR count). The minimum atomic E-state index is -0.519. The van der Waals surface area contributed by atoms with Gasteiger partial charge in [-0.15, -0.1) is 0 Å². The maximum Gasteiger partial charge on any atom is 0.268 e. The summed E-state index contributed by atoms with van der Waals surface area (Å²) in [4.78, 5) is 26.3. The van der Waals surface area contributed by atoms with E-state index in [9.17, 15) is 9.59 Å². The third kappa shape index (κ3) is 5.66. The average Bonchev–Trinajstić information content (AvgIpc) is 3.35. The van der Waals surface area contributed by atoms with Crippen molar-refractivity contribution in [3.05, 3.63) is 83.4 Å². The zero-order valence-electron chi connectivity index (χ0n) is 20.1. The van der Waals surface area contributed by atoms with Crippen LogP contribution in [0.3, 0.4) is 0 Å². The Morgan fingerprint density at radius 2 is 1.74 bits per heavy atom. The number of nitrogens with one attached hydrogen (secondary N) is 2. The van der Waals surface area contributed by atoms with Crippen molar-refractivity contribution in [3.8, 4) is 17.2 Å². The summed E-state index contributed by atoms with van der Waals surface area (Å²) >= 11 is 0. The average molecular weight is 477 g/mol. The molecule has 2 heterocycles. The molecule has 0 spiro atoms. The first kappa shape index (κ1) is 23.9. The fourth-order valence-corrected chi connectivity index (χ4v) is 3.93. The monoisotopic (exact) mass is 476 g/mol. The summed E-state index contributed by atoms with van der Waals surface area (Å²) in [6.07, 6.45) is 3.53. The first-order chi connectivity index (χ1) is 16.8. The highest BCUT2D eigenvalue weighted by atomic mass is 16.5. The van der Waals surface area contributed by atoms with Crippen LogP contribution in [0.1, 0.15) is 48.0 Å². The van der Waals surface area contributed by atoms with E-state index < -0.39 is 17.4 Å². The lowest BCUT2D eigenvalue weighted by atomic mass is 9.89. The maximum atomic E-state index is 13.4. The van der Waals surface area contributed by atoms with Crippen molar-refractivity contribution in [3.63, 3.8) is 0 Å². The lowest BCUT2D eigenvalue weighted by Gasteiger charge is -2.38. The Balaban J connectivity index is 1.60. The van der Waals surface area contributed by atoms with Crippen LogP contribution in [0.25, 0.3) is 6.08 Å². The molecule has 0 bridgehead atoms. The number of benzene rings is 2. The van der Waals surface area contributed by atoms with Crippen LogP contribution in [-0.2, 0) is 4.79 Å². The number of fused-ring (bicyclic) bond motifs is 1. The fraction of sp³-hybridized carbons (Fsp3) is 0.259. The molecule has 1 atom stereocenters. The van der Waals surface area contributed by atoms with E-state index >= 15 is 0 Å². The van der Waals surface area contributed by atoms with Gasteiger partial charge in [0.2, 0.25) is 0 Å². The number of furan rings is 1. The predicted molar refractivity (Wildman–Crippen MR) is 130 cm³/mol. The second-order valence-corrected chi connectivity index (χ2v) is 8.75. The number of carbonyl (C=O) groups is 2. The van der Waals surface area contributed by atoms with Gasteiger partial charge in [-0.1, -0.05) is 0 Å². The third-order valence-corrected chi connectivity index (χ3v) is 5.66. The Morgan fingerprint density at radius 1 is 1.03 bits per heavy atom. The van der Waals surface area contributed by atoms with Crippen molar-refractivity contribution in [2.24, 2.45) is 0 Å². The van der Waals surface area contributed by atoms with E-state index in [4.69, 9.17) is 18.6 Å². The molecule has 1 aliphatic heterocycles. The molecular weight excluding hydrogens is 448 g/mol. The lowest BCUT2D eigenvalue weighted by Crippen LogP contribution is -2.43. The Kier molecular flexibility index (Phi) is 6.82. The second kappa shape index (κ2) is 9.97. The number of methoxy groups -OCH3 is 2. The van der Waals surface area contributed by atoms with Crippen molar-refractivity contribution in [1.82, 2.24) is 10.6 Å². The second-order valence-electron chi connectivity index (χ2n) is 8.75. The number of rotatable bonds is 7. The molecule has 8 nitrogen and oxygen atoms in total. The number of hydrogen-bond donors (Lipinski definition) is 2. The molecule has 0 fully saturated rings. The van der Waals surface area contributed by atoms with Gasteiger partial charge >= 0.3 is 0 Å². The highest BCUT2D eigenvalue weighted by Crippen LogP contribution is 2.41. The van der Waals surface area contributed by atoms with Gasteiger partial charge < -0.3 is 29.3 Å². The predicted octanol–water partition coefficient (Wildman–Crippen LogP) is 4.49. The van der Waals surface area contributed by atoms with Crippen molar-refractivity contribution >= 4 is 17.9 Å². The van der Waals surface area contributed by atoms with Gasteiger partial charge in [-0.05, 0) is 62.4 Å². The molecule has 1 unspecified atom stereocenters. The number of amides is 2. The molecule has 3 aromatic rings. The zero-order chi connectivity index (χ0) is 25.0. The standard InChI is InChI=1S/C27H28N2O6/c1-27(2)16-23(21-12-11-19(33-4)15-24(21)35-27)29-26(31)22(14-20-6-5-13-34-20)28-25(30)17-7-9-18(32-3)10-8-17/h5-15,23H,16H2,1-4H3,(H,28,30)(H,29,31)/b22-14-. The zero-order valence-corrected chi connectivity index (χ0v) is 20.1. The van der Waals surface area contributed by atoms with Crippen LogP contribution < -0.4 is 24.8 Å². The van der Waals surface area contributed by atoms with Gasteiger partial charge in [0.1, 0.15) is 34.3 Å². The smallest absolute Gasteiger partial charge is 0.268 e. The van der Waals surface area contributed by atoms with Crippen LogP contribution in [-0.4, -0.2) is 31.6 Å². The minimum Gasteiger partial charge on any atom is -0.497 e.